The van der Waals surface area contributed by atoms with E-state index in [0.717, 1.165) is 31.2 Å². The van der Waals surface area contributed by atoms with Gasteiger partial charge in [0.2, 0.25) is 10.0 Å². The Hall–Kier alpha value is -2.52. The van der Waals surface area contributed by atoms with E-state index in [9.17, 15) is 13.2 Å². The van der Waals surface area contributed by atoms with Crippen LogP contribution in [0.3, 0.4) is 0 Å². The van der Waals surface area contributed by atoms with Gasteiger partial charge in [0.1, 0.15) is 22.1 Å². The second-order valence-electron chi connectivity index (χ2n) is 7.62. The number of sulfonamides is 1. The minimum atomic E-state index is -3.56. The molecule has 1 aromatic carbocycles. The standard InChI is InChI=1S/C21H27N3O5S/c1-28-15-7-8-17(20(12-15)29-2)19-6-5-11-24(19)21(25)18-13-16(14-22-18)30(26,27)23-9-3-4-10-23/h7-8,12-14,19,22H,3-6,9-11H2,1-2H3. The van der Waals surface area contributed by atoms with E-state index < -0.39 is 10.0 Å². The molecule has 1 amide bonds. The summed E-state index contributed by atoms with van der Waals surface area (Å²) in [6, 6.07) is 6.91. The van der Waals surface area contributed by atoms with Gasteiger partial charge in [-0.25, -0.2) is 8.42 Å². The maximum atomic E-state index is 13.2. The van der Waals surface area contributed by atoms with Crippen molar-refractivity contribution in [2.24, 2.45) is 0 Å². The van der Waals surface area contributed by atoms with E-state index in [0.29, 0.717) is 31.1 Å². The highest BCUT2D eigenvalue weighted by Crippen LogP contribution is 2.39. The number of aromatic nitrogens is 1. The molecular formula is C21H27N3O5S. The molecule has 1 aromatic heterocycles. The normalized spacial score (nSPS) is 19.9. The number of carbonyl (C=O) groups excluding carboxylic acids is 1. The van der Waals surface area contributed by atoms with Crippen LogP contribution in [0.2, 0.25) is 0 Å². The number of nitrogens with one attached hydrogen (secondary N) is 1. The van der Waals surface area contributed by atoms with E-state index in [1.54, 1.807) is 19.1 Å². The minimum Gasteiger partial charge on any atom is -0.497 e. The predicted molar refractivity (Wildman–Crippen MR) is 111 cm³/mol. The zero-order chi connectivity index (χ0) is 21.3. The molecule has 162 valence electrons. The molecule has 0 saturated carbocycles. The van der Waals surface area contributed by atoms with E-state index in [1.807, 2.05) is 18.2 Å². The molecule has 0 bridgehead atoms. The Labute approximate surface area is 176 Å². The molecule has 1 unspecified atom stereocenters. The van der Waals surface area contributed by atoms with Crippen LogP contribution >= 0.6 is 0 Å². The number of methoxy groups -OCH3 is 2. The average molecular weight is 434 g/mol. The van der Waals surface area contributed by atoms with E-state index in [4.69, 9.17) is 9.47 Å². The van der Waals surface area contributed by atoms with E-state index >= 15 is 0 Å². The van der Waals surface area contributed by atoms with Gasteiger partial charge in [-0.2, -0.15) is 4.31 Å². The van der Waals surface area contributed by atoms with Crippen LogP contribution in [0.1, 0.15) is 47.8 Å². The van der Waals surface area contributed by atoms with Crippen molar-refractivity contribution in [3.8, 4) is 11.5 Å². The largest absolute Gasteiger partial charge is 0.497 e. The van der Waals surface area contributed by atoms with Gasteiger partial charge in [0.05, 0.1) is 20.3 Å². The summed E-state index contributed by atoms with van der Waals surface area (Å²) in [4.78, 5) is 18.0. The Morgan fingerprint density at radius 2 is 1.83 bits per heavy atom. The lowest BCUT2D eigenvalue weighted by Crippen LogP contribution is -2.31. The molecule has 9 heteroatoms. The summed E-state index contributed by atoms with van der Waals surface area (Å²) in [5, 5.41) is 0. The summed E-state index contributed by atoms with van der Waals surface area (Å²) < 4.78 is 37.8. The number of benzene rings is 1. The summed E-state index contributed by atoms with van der Waals surface area (Å²) in [6.45, 7) is 1.66. The van der Waals surface area contributed by atoms with Gasteiger partial charge < -0.3 is 19.4 Å². The van der Waals surface area contributed by atoms with Crippen LogP contribution in [0.5, 0.6) is 11.5 Å². The first-order chi connectivity index (χ1) is 14.5. The highest BCUT2D eigenvalue weighted by atomic mass is 32.2. The van der Waals surface area contributed by atoms with Gasteiger partial charge in [-0.05, 0) is 43.9 Å². The third-order valence-corrected chi connectivity index (χ3v) is 7.78. The number of nitrogens with zero attached hydrogens (tertiary/aromatic N) is 2. The topological polar surface area (TPSA) is 91.9 Å². The first kappa shape index (κ1) is 20.7. The lowest BCUT2D eigenvalue weighted by molar-refractivity contribution is 0.0729. The number of aromatic amines is 1. The maximum Gasteiger partial charge on any atom is 0.270 e. The van der Waals surface area contributed by atoms with Gasteiger partial charge >= 0.3 is 0 Å². The zero-order valence-corrected chi connectivity index (χ0v) is 18.1. The van der Waals surface area contributed by atoms with Crippen LogP contribution in [0.4, 0.5) is 0 Å². The molecule has 3 heterocycles. The summed E-state index contributed by atoms with van der Waals surface area (Å²) in [7, 11) is -0.368. The second kappa shape index (κ2) is 8.31. The number of carbonyl (C=O) groups is 1. The van der Waals surface area contributed by atoms with Gasteiger partial charge in [0, 0.05) is 37.5 Å². The number of hydrogen-bond donors (Lipinski definition) is 1. The zero-order valence-electron chi connectivity index (χ0n) is 17.3. The Morgan fingerprint density at radius 3 is 2.53 bits per heavy atom. The van der Waals surface area contributed by atoms with Crippen molar-refractivity contribution in [1.82, 2.24) is 14.2 Å². The Balaban J connectivity index is 1.58. The highest BCUT2D eigenvalue weighted by molar-refractivity contribution is 7.89. The first-order valence-corrected chi connectivity index (χ1v) is 11.6. The minimum absolute atomic E-state index is 0.139. The molecule has 2 fully saturated rings. The third kappa shape index (κ3) is 3.67. The van der Waals surface area contributed by atoms with Gasteiger partial charge in [0.15, 0.2) is 0 Å². The SMILES string of the molecule is COc1ccc(C2CCCN2C(=O)c2cc(S(=O)(=O)N3CCCC3)c[nH]2)c(OC)c1. The summed E-state index contributed by atoms with van der Waals surface area (Å²) in [5.74, 6) is 1.15. The Bertz CT molecular complexity index is 1030. The fourth-order valence-electron chi connectivity index (χ4n) is 4.31. The molecule has 0 aliphatic carbocycles. The molecule has 4 rings (SSSR count). The second-order valence-corrected chi connectivity index (χ2v) is 9.56. The number of hydrogen-bond acceptors (Lipinski definition) is 5. The van der Waals surface area contributed by atoms with Crippen LogP contribution < -0.4 is 9.47 Å². The van der Waals surface area contributed by atoms with Gasteiger partial charge in [-0.3, -0.25) is 4.79 Å². The van der Waals surface area contributed by atoms with Crippen LogP contribution in [0, 0.1) is 0 Å². The van der Waals surface area contributed by atoms with Crippen molar-refractivity contribution in [3.05, 3.63) is 41.7 Å². The van der Waals surface area contributed by atoms with Gasteiger partial charge in [0.25, 0.3) is 5.91 Å². The molecular weight excluding hydrogens is 406 g/mol. The van der Waals surface area contributed by atoms with Gasteiger partial charge in [-0.15, -0.1) is 0 Å². The quantitative estimate of drug-likeness (QED) is 0.756. The van der Waals surface area contributed by atoms with E-state index in [1.165, 1.54) is 16.6 Å². The molecule has 1 atom stereocenters. The lowest BCUT2D eigenvalue weighted by atomic mass is 10.0. The summed E-state index contributed by atoms with van der Waals surface area (Å²) >= 11 is 0. The Kier molecular flexibility index (Phi) is 5.75. The van der Waals surface area contributed by atoms with Crippen LogP contribution in [-0.2, 0) is 10.0 Å². The fraction of sp³-hybridized carbons (Fsp3) is 0.476. The monoisotopic (exact) mass is 433 g/mol. The summed E-state index contributed by atoms with van der Waals surface area (Å²) in [5.41, 5.74) is 1.20. The van der Waals surface area contributed by atoms with Crippen molar-refractivity contribution in [2.75, 3.05) is 33.9 Å². The van der Waals surface area contributed by atoms with Crippen molar-refractivity contribution in [2.45, 2.75) is 36.6 Å². The van der Waals surface area contributed by atoms with Crippen LogP contribution in [-0.4, -0.2) is 62.4 Å². The van der Waals surface area contributed by atoms with Crippen molar-refractivity contribution in [1.29, 1.82) is 0 Å². The highest BCUT2D eigenvalue weighted by Gasteiger charge is 2.34. The molecule has 2 saturated heterocycles. The molecule has 2 aliphatic heterocycles. The number of ether oxygens (including phenoxy) is 2. The van der Waals surface area contributed by atoms with Crippen LogP contribution in [0.25, 0.3) is 0 Å². The number of amides is 1. The Morgan fingerprint density at radius 1 is 1.07 bits per heavy atom. The number of H-pyrrole nitrogens is 1. The van der Waals surface area contributed by atoms with Gasteiger partial charge in [-0.1, -0.05) is 0 Å². The van der Waals surface area contributed by atoms with E-state index in [2.05, 4.69) is 4.98 Å². The van der Waals surface area contributed by atoms with Crippen molar-refractivity contribution < 1.29 is 22.7 Å². The molecule has 0 spiro atoms. The maximum absolute atomic E-state index is 13.2. The molecule has 0 radical (unpaired) electrons. The number of rotatable bonds is 6. The van der Waals surface area contributed by atoms with Crippen molar-refractivity contribution in [3.63, 3.8) is 0 Å². The summed E-state index contributed by atoms with van der Waals surface area (Å²) in [6.07, 6.45) is 4.84. The van der Waals surface area contributed by atoms with Crippen molar-refractivity contribution >= 4 is 15.9 Å². The molecule has 30 heavy (non-hydrogen) atoms. The first-order valence-electron chi connectivity index (χ1n) is 10.2. The molecule has 2 aliphatic rings. The van der Waals surface area contributed by atoms with Crippen LogP contribution in [0.15, 0.2) is 35.4 Å². The molecule has 2 aromatic rings. The fourth-order valence-corrected chi connectivity index (χ4v) is 5.82. The number of likely N-dealkylation sites (tertiary alicyclic amines) is 1. The lowest BCUT2D eigenvalue weighted by Gasteiger charge is -2.26. The van der Waals surface area contributed by atoms with E-state index in [-0.39, 0.29) is 22.5 Å². The average Bonchev–Trinajstić information content (AvgIpc) is 3.53. The molecule has 8 nitrogen and oxygen atoms in total. The third-order valence-electron chi connectivity index (χ3n) is 5.90. The molecule has 1 N–H and O–H groups in total. The predicted octanol–water partition coefficient (Wildman–Crippen LogP) is 2.79. The smallest absolute Gasteiger partial charge is 0.270 e.